The second-order valence-corrected chi connectivity index (χ2v) is 9.72. The summed E-state index contributed by atoms with van der Waals surface area (Å²) < 4.78 is 61.9. The van der Waals surface area contributed by atoms with Crippen LogP contribution in [-0.4, -0.2) is 8.42 Å². The van der Waals surface area contributed by atoms with Crippen LogP contribution >= 0.6 is 0 Å². The van der Waals surface area contributed by atoms with Gasteiger partial charge in [-0.15, -0.1) is 0 Å². The third kappa shape index (κ3) is 3.98. The Hall–Kier alpha value is -2.12. The zero-order chi connectivity index (χ0) is 20.9. The van der Waals surface area contributed by atoms with Gasteiger partial charge in [-0.2, -0.15) is 13.2 Å². The van der Waals surface area contributed by atoms with E-state index in [1.165, 1.54) is 12.1 Å². The first-order chi connectivity index (χ1) is 13.6. The number of primary sulfonamides is 1. The molecule has 0 aromatic heterocycles. The van der Waals surface area contributed by atoms with E-state index in [4.69, 9.17) is 5.14 Å². The minimum atomic E-state index is -4.36. The summed E-state index contributed by atoms with van der Waals surface area (Å²) in [7, 11) is -3.77. The third-order valence-electron chi connectivity index (χ3n) is 6.22. The van der Waals surface area contributed by atoms with Crippen molar-refractivity contribution in [2.24, 2.45) is 10.6 Å². The minimum Gasteiger partial charge on any atom is -0.225 e. The Bertz CT molecular complexity index is 1050. The molecule has 0 amide bonds. The topological polar surface area (TPSA) is 60.2 Å². The SMILES string of the molecule is NS(=O)(=O)c1ccc(C2=C(c3ccc(C(F)(F)F)cc3)CC3(CCCC3)C2)cc1. The normalized spacial score (nSPS) is 19.3. The van der Waals surface area contributed by atoms with Gasteiger partial charge >= 0.3 is 6.18 Å². The summed E-state index contributed by atoms with van der Waals surface area (Å²) in [6, 6.07) is 11.8. The number of allylic oxidation sites excluding steroid dienone is 2. The largest absolute Gasteiger partial charge is 0.416 e. The molecule has 2 aromatic carbocycles. The number of hydrogen-bond acceptors (Lipinski definition) is 2. The Morgan fingerprint density at radius 2 is 1.24 bits per heavy atom. The fourth-order valence-corrected chi connectivity index (χ4v) is 5.28. The molecule has 4 rings (SSSR count). The highest BCUT2D eigenvalue weighted by Gasteiger charge is 2.41. The van der Waals surface area contributed by atoms with Gasteiger partial charge in [-0.1, -0.05) is 37.1 Å². The van der Waals surface area contributed by atoms with Crippen LogP contribution in [0.25, 0.3) is 11.1 Å². The molecular weight excluding hydrogens is 399 g/mol. The summed E-state index contributed by atoms with van der Waals surface area (Å²) >= 11 is 0. The Morgan fingerprint density at radius 1 is 0.793 bits per heavy atom. The van der Waals surface area contributed by atoms with E-state index in [0.717, 1.165) is 72.9 Å². The zero-order valence-electron chi connectivity index (χ0n) is 15.8. The van der Waals surface area contributed by atoms with Crippen LogP contribution in [0.15, 0.2) is 53.4 Å². The Morgan fingerprint density at radius 3 is 1.66 bits per heavy atom. The van der Waals surface area contributed by atoms with Gasteiger partial charge in [0.05, 0.1) is 10.5 Å². The molecule has 0 atom stereocenters. The summed E-state index contributed by atoms with van der Waals surface area (Å²) in [5, 5.41) is 5.19. The fraction of sp³-hybridized carbons (Fsp3) is 0.364. The van der Waals surface area contributed by atoms with E-state index < -0.39 is 21.8 Å². The molecule has 0 unspecified atom stereocenters. The van der Waals surface area contributed by atoms with Crippen molar-refractivity contribution in [3.8, 4) is 0 Å². The van der Waals surface area contributed by atoms with Crippen molar-refractivity contribution in [3.05, 3.63) is 65.2 Å². The highest BCUT2D eigenvalue weighted by atomic mass is 32.2. The molecule has 0 heterocycles. The highest BCUT2D eigenvalue weighted by molar-refractivity contribution is 7.89. The number of halogens is 3. The van der Waals surface area contributed by atoms with Crippen LogP contribution in [0.5, 0.6) is 0 Å². The van der Waals surface area contributed by atoms with Gasteiger partial charge in [-0.25, -0.2) is 13.6 Å². The van der Waals surface area contributed by atoms with Gasteiger partial charge in [0.15, 0.2) is 0 Å². The van der Waals surface area contributed by atoms with E-state index in [2.05, 4.69) is 0 Å². The average Bonchev–Trinajstić information content (AvgIpc) is 3.28. The second kappa shape index (κ2) is 6.99. The van der Waals surface area contributed by atoms with Crippen LogP contribution < -0.4 is 5.14 Å². The first kappa shape index (κ1) is 20.2. The molecule has 0 aliphatic heterocycles. The number of rotatable bonds is 3. The summed E-state index contributed by atoms with van der Waals surface area (Å²) in [5.74, 6) is 0. The molecule has 1 saturated carbocycles. The van der Waals surface area contributed by atoms with Gasteiger partial charge < -0.3 is 0 Å². The number of alkyl halides is 3. The predicted molar refractivity (Wildman–Crippen MR) is 106 cm³/mol. The summed E-state index contributed by atoms with van der Waals surface area (Å²) in [5.41, 5.74) is 3.35. The summed E-state index contributed by atoms with van der Waals surface area (Å²) in [4.78, 5) is 0.0477. The molecule has 0 saturated heterocycles. The van der Waals surface area contributed by atoms with E-state index in [1.54, 1.807) is 24.3 Å². The Kier molecular flexibility index (Phi) is 4.86. The molecule has 1 spiro atoms. The minimum absolute atomic E-state index is 0.0477. The fourth-order valence-electron chi connectivity index (χ4n) is 4.76. The van der Waals surface area contributed by atoms with Crippen molar-refractivity contribution in [1.29, 1.82) is 0 Å². The van der Waals surface area contributed by atoms with Crippen molar-refractivity contribution in [2.75, 3.05) is 0 Å². The summed E-state index contributed by atoms with van der Waals surface area (Å²) in [6.45, 7) is 0. The Balaban J connectivity index is 1.76. The monoisotopic (exact) mass is 421 g/mol. The molecule has 2 aliphatic rings. The predicted octanol–water partition coefficient (Wildman–Crippen LogP) is 5.62. The van der Waals surface area contributed by atoms with Gasteiger partial charge in [0.25, 0.3) is 0 Å². The van der Waals surface area contributed by atoms with Crippen LogP contribution in [-0.2, 0) is 16.2 Å². The maximum Gasteiger partial charge on any atom is 0.416 e. The molecule has 2 N–H and O–H groups in total. The van der Waals surface area contributed by atoms with Gasteiger partial charge in [0, 0.05) is 0 Å². The smallest absolute Gasteiger partial charge is 0.225 e. The third-order valence-corrected chi connectivity index (χ3v) is 7.15. The highest BCUT2D eigenvalue weighted by Crippen LogP contribution is 2.57. The number of nitrogens with two attached hydrogens (primary N) is 1. The molecule has 0 bridgehead atoms. The first-order valence-corrected chi connectivity index (χ1v) is 11.2. The van der Waals surface area contributed by atoms with Crippen molar-refractivity contribution in [2.45, 2.75) is 49.6 Å². The molecule has 3 nitrogen and oxygen atoms in total. The van der Waals surface area contributed by atoms with Gasteiger partial charge in [-0.3, -0.25) is 0 Å². The van der Waals surface area contributed by atoms with E-state index in [-0.39, 0.29) is 10.3 Å². The molecule has 7 heteroatoms. The quantitative estimate of drug-likeness (QED) is 0.699. The maximum absolute atomic E-state index is 12.9. The van der Waals surface area contributed by atoms with Gasteiger partial charge in [0.1, 0.15) is 0 Å². The van der Waals surface area contributed by atoms with Crippen molar-refractivity contribution < 1.29 is 21.6 Å². The van der Waals surface area contributed by atoms with Crippen LogP contribution in [0, 0.1) is 5.41 Å². The van der Waals surface area contributed by atoms with E-state index >= 15 is 0 Å². The molecular formula is C22H22F3NO2S. The van der Waals surface area contributed by atoms with Gasteiger partial charge in [-0.05, 0) is 77.6 Å². The van der Waals surface area contributed by atoms with Crippen LogP contribution in [0.2, 0.25) is 0 Å². The van der Waals surface area contributed by atoms with Crippen molar-refractivity contribution in [3.63, 3.8) is 0 Å². The van der Waals surface area contributed by atoms with Crippen LogP contribution in [0.4, 0.5) is 13.2 Å². The average molecular weight is 421 g/mol. The lowest BCUT2D eigenvalue weighted by atomic mass is 9.81. The maximum atomic E-state index is 12.9. The second-order valence-electron chi connectivity index (χ2n) is 8.16. The van der Waals surface area contributed by atoms with Crippen molar-refractivity contribution >= 4 is 21.2 Å². The van der Waals surface area contributed by atoms with Crippen LogP contribution in [0.1, 0.15) is 55.2 Å². The zero-order valence-corrected chi connectivity index (χ0v) is 16.6. The Labute approximate surface area is 168 Å². The molecule has 1 fully saturated rings. The molecule has 0 radical (unpaired) electrons. The van der Waals surface area contributed by atoms with Gasteiger partial charge in [0.2, 0.25) is 10.0 Å². The molecule has 154 valence electrons. The molecule has 2 aliphatic carbocycles. The summed E-state index contributed by atoms with van der Waals surface area (Å²) in [6.07, 6.45) is 1.88. The number of sulfonamides is 1. The van der Waals surface area contributed by atoms with Crippen LogP contribution in [0.3, 0.4) is 0 Å². The lowest BCUT2D eigenvalue weighted by Gasteiger charge is -2.23. The van der Waals surface area contributed by atoms with E-state index in [9.17, 15) is 21.6 Å². The lowest BCUT2D eigenvalue weighted by Crippen LogP contribution is -2.12. The molecule has 2 aromatic rings. The van der Waals surface area contributed by atoms with E-state index in [0.29, 0.717) is 0 Å². The van der Waals surface area contributed by atoms with Crippen molar-refractivity contribution in [1.82, 2.24) is 0 Å². The standard InChI is InChI=1S/C22H22F3NO2S/c23-22(24,25)17-7-3-15(4-8-17)19-13-21(11-1-2-12-21)14-20(19)16-5-9-18(10-6-16)29(26,27)28/h3-10H,1-2,11-14H2,(H2,26,27,28). The molecule has 29 heavy (non-hydrogen) atoms. The van der Waals surface area contributed by atoms with E-state index in [1.807, 2.05) is 0 Å². The lowest BCUT2D eigenvalue weighted by molar-refractivity contribution is -0.137. The first-order valence-electron chi connectivity index (χ1n) is 9.60. The number of benzene rings is 2. The number of hydrogen-bond donors (Lipinski definition) is 1.